The van der Waals surface area contributed by atoms with E-state index in [0.717, 1.165) is 44.2 Å². The van der Waals surface area contributed by atoms with Crippen LogP contribution in [0.3, 0.4) is 0 Å². The number of nitrogens with zero attached hydrogens (tertiary/aromatic N) is 4. The molecule has 2 aliphatic heterocycles. The molecule has 33 heavy (non-hydrogen) atoms. The number of benzene rings is 1. The molecule has 0 aliphatic carbocycles. The molecule has 0 bridgehead atoms. The molecule has 6 nitrogen and oxygen atoms in total. The van der Waals surface area contributed by atoms with Crippen molar-refractivity contribution in [1.82, 2.24) is 24.7 Å². The number of hydrogen-bond donors (Lipinski definition) is 1. The van der Waals surface area contributed by atoms with Crippen molar-refractivity contribution in [3.8, 4) is 5.75 Å². The maximum Gasteiger partial charge on any atom is 0.119 e. The van der Waals surface area contributed by atoms with Crippen molar-refractivity contribution in [2.24, 2.45) is 5.92 Å². The highest BCUT2D eigenvalue weighted by Crippen LogP contribution is 2.22. The van der Waals surface area contributed by atoms with Crippen molar-refractivity contribution in [2.75, 3.05) is 53.4 Å². The molecule has 182 valence electrons. The first-order valence-electron chi connectivity index (χ1n) is 13.0. The van der Waals surface area contributed by atoms with Crippen LogP contribution in [0.4, 0.5) is 0 Å². The molecule has 2 saturated heterocycles. The fourth-order valence-corrected chi connectivity index (χ4v) is 5.38. The Bertz CT molecular complexity index is 785. The van der Waals surface area contributed by atoms with Gasteiger partial charge in [0.15, 0.2) is 0 Å². The molecule has 4 rings (SSSR count). The van der Waals surface area contributed by atoms with E-state index in [0.29, 0.717) is 6.04 Å². The topological polar surface area (TPSA) is 47.6 Å². The molecule has 0 radical (unpaired) electrons. The lowest BCUT2D eigenvalue weighted by molar-refractivity contribution is 0.139. The SMILES string of the molecule is CN1CCC(N(C)Cc2ccc(OCCCN3CCCC(Cc4cnc[nH]4)CC3)cc2)CC1. The van der Waals surface area contributed by atoms with Gasteiger partial charge in [0.1, 0.15) is 5.75 Å². The minimum Gasteiger partial charge on any atom is -0.494 e. The van der Waals surface area contributed by atoms with Gasteiger partial charge in [0.05, 0.1) is 12.9 Å². The summed E-state index contributed by atoms with van der Waals surface area (Å²) in [4.78, 5) is 15.0. The number of piperidine rings is 1. The number of ether oxygens (including phenoxy) is 1. The van der Waals surface area contributed by atoms with Crippen molar-refractivity contribution in [3.05, 3.63) is 48.0 Å². The van der Waals surface area contributed by atoms with Crippen LogP contribution in [0, 0.1) is 5.92 Å². The monoisotopic (exact) mass is 453 g/mol. The maximum absolute atomic E-state index is 6.05. The van der Waals surface area contributed by atoms with Crippen LogP contribution in [0.15, 0.2) is 36.8 Å². The fraction of sp³-hybridized carbons (Fsp3) is 0.667. The van der Waals surface area contributed by atoms with Gasteiger partial charge in [0.25, 0.3) is 0 Å². The summed E-state index contributed by atoms with van der Waals surface area (Å²) in [6, 6.07) is 9.45. The van der Waals surface area contributed by atoms with E-state index < -0.39 is 0 Å². The molecule has 1 unspecified atom stereocenters. The van der Waals surface area contributed by atoms with Crippen LogP contribution in [0.2, 0.25) is 0 Å². The summed E-state index contributed by atoms with van der Waals surface area (Å²) in [5.41, 5.74) is 2.65. The molecular weight excluding hydrogens is 410 g/mol. The van der Waals surface area contributed by atoms with Gasteiger partial charge in [-0.15, -0.1) is 0 Å². The van der Waals surface area contributed by atoms with E-state index in [1.165, 1.54) is 69.5 Å². The number of H-pyrrole nitrogens is 1. The predicted octanol–water partition coefficient (Wildman–Crippen LogP) is 4.05. The van der Waals surface area contributed by atoms with Gasteiger partial charge >= 0.3 is 0 Å². The Labute approximate surface area is 200 Å². The summed E-state index contributed by atoms with van der Waals surface area (Å²) in [6.45, 7) is 7.80. The van der Waals surface area contributed by atoms with E-state index in [9.17, 15) is 0 Å². The van der Waals surface area contributed by atoms with Crippen molar-refractivity contribution in [2.45, 2.75) is 57.5 Å². The summed E-state index contributed by atoms with van der Waals surface area (Å²) in [7, 11) is 4.49. The van der Waals surface area contributed by atoms with Gasteiger partial charge in [0.2, 0.25) is 0 Å². The Morgan fingerprint density at radius 1 is 1.06 bits per heavy atom. The van der Waals surface area contributed by atoms with Gasteiger partial charge in [-0.25, -0.2) is 4.98 Å². The van der Waals surface area contributed by atoms with Crippen LogP contribution < -0.4 is 4.74 Å². The number of imidazole rings is 1. The molecule has 1 atom stereocenters. The highest BCUT2D eigenvalue weighted by atomic mass is 16.5. The van der Waals surface area contributed by atoms with Gasteiger partial charge in [-0.2, -0.15) is 0 Å². The van der Waals surface area contributed by atoms with E-state index in [1.54, 1.807) is 6.33 Å². The van der Waals surface area contributed by atoms with Crippen LogP contribution in [0.25, 0.3) is 0 Å². The average molecular weight is 454 g/mol. The van der Waals surface area contributed by atoms with E-state index in [1.807, 2.05) is 6.20 Å². The minimum absolute atomic E-state index is 0.705. The third-order valence-electron chi connectivity index (χ3n) is 7.56. The van der Waals surface area contributed by atoms with Gasteiger partial charge < -0.3 is 19.5 Å². The number of aromatic nitrogens is 2. The number of hydrogen-bond acceptors (Lipinski definition) is 5. The standard InChI is InChI=1S/C27H43N5O/c1-30-15-11-26(12-16-30)31(2)21-24-6-8-27(9-7-24)33-18-4-14-32-13-3-5-23(10-17-32)19-25-20-28-22-29-25/h6-9,20,22-23,26H,3-5,10-19,21H2,1-2H3,(H,28,29). The number of likely N-dealkylation sites (tertiary alicyclic amines) is 2. The highest BCUT2D eigenvalue weighted by Gasteiger charge is 2.20. The van der Waals surface area contributed by atoms with Crippen molar-refractivity contribution in [3.63, 3.8) is 0 Å². The van der Waals surface area contributed by atoms with Crippen LogP contribution in [-0.4, -0.2) is 84.1 Å². The van der Waals surface area contributed by atoms with E-state index in [2.05, 4.69) is 63.0 Å². The largest absolute Gasteiger partial charge is 0.494 e. The quantitative estimate of drug-likeness (QED) is 0.550. The molecule has 1 N–H and O–H groups in total. The maximum atomic E-state index is 6.05. The van der Waals surface area contributed by atoms with Crippen molar-refractivity contribution < 1.29 is 4.74 Å². The molecule has 2 aliphatic rings. The molecule has 1 aromatic carbocycles. The molecule has 0 spiro atoms. The molecule has 2 aromatic rings. The fourth-order valence-electron chi connectivity index (χ4n) is 5.38. The zero-order valence-electron chi connectivity index (χ0n) is 20.7. The molecule has 0 amide bonds. The van der Waals surface area contributed by atoms with E-state index in [4.69, 9.17) is 4.74 Å². The zero-order chi connectivity index (χ0) is 22.9. The lowest BCUT2D eigenvalue weighted by Gasteiger charge is -2.35. The Morgan fingerprint density at radius 2 is 1.88 bits per heavy atom. The second-order valence-electron chi connectivity index (χ2n) is 10.2. The van der Waals surface area contributed by atoms with Crippen LogP contribution >= 0.6 is 0 Å². The third kappa shape index (κ3) is 7.83. The third-order valence-corrected chi connectivity index (χ3v) is 7.56. The number of rotatable bonds is 10. The van der Waals surface area contributed by atoms with Crippen LogP contribution in [-0.2, 0) is 13.0 Å². The van der Waals surface area contributed by atoms with E-state index >= 15 is 0 Å². The first-order valence-corrected chi connectivity index (χ1v) is 13.0. The summed E-state index contributed by atoms with van der Waals surface area (Å²) in [5, 5.41) is 0. The van der Waals surface area contributed by atoms with Gasteiger partial charge in [0, 0.05) is 31.0 Å². The van der Waals surface area contributed by atoms with Crippen molar-refractivity contribution in [1.29, 1.82) is 0 Å². The highest BCUT2D eigenvalue weighted by molar-refractivity contribution is 5.27. The number of aromatic amines is 1. The first-order chi connectivity index (χ1) is 16.2. The van der Waals surface area contributed by atoms with Crippen LogP contribution in [0.1, 0.15) is 49.8 Å². The van der Waals surface area contributed by atoms with Gasteiger partial charge in [-0.1, -0.05) is 12.1 Å². The number of nitrogens with one attached hydrogen (secondary N) is 1. The Hall–Kier alpha value is -1.89. The van der Waals surface area contributed by atoms with E-state index in [-0.39, 0.29) is 0 Å². The van der Waals surface area contributed by atoms with Gasteiger partial charge in [-0.3, -0.25) is 4.90 Å². The average Bonchev–Trinajstić information content (AvgIpc) is 3.24. The summed E-state index contributed by atoms with van der Waals surface area (Å²) in [6.07, 6.45) is 12.5. The molecular formula is C27H43N5O. The predicted molar refractivity (Wildman–Crippen MR) is 135 cm³/mol. The van der Waals surface area contributed by atoms with Crippen LogP contribution in [0.5, 0.6) is 5.75 Å². The molecule has 1 aromatic heterocycles. The summed E-state index contributed by atoms with van der Waals surface area (Å²) in [5.74, 6) is 1.78. The summed E-state index contributed by atoms with van der Waals surface area (Å²) >= 11 is 0. The molecule has 3 heterocycles. The molecule has 0 saturated carbocycles. The summed E-state index contributed by atoms with van der Waals surface area (Å²) < 4.78 is 6.05. The van der Waals surface area contributed by atoms with Gasteiger partial charge in [-0.05, 0) is 109 Å². The second kappa shape index (κ2) is 12.5. The lowest BCUT2D eigenvalue weighted by Crippen LogP contribution is -2.41. The Morgan fingerprint density at radius 3 is 2.64 bits per heavy atom. The molecule has 2 fully saturated rings. The lowest BCUT2D eigenvalue weighted by atomic mass is 9.96. The Kier molecular flexibility index (Phi) is 9.21. The molecule has 6 heteroatoms. The van der Waals surface area contributed by atoms with Crippen molar-refractivity contribution >= 4 is 0 Å². The Balaban J connectivity index is 1.11. The second-order valence-corrected chi connectivity index (χ2v) is 10.2. The zero-order valence-corrected chi connectivity index (χ0v) is 20.7. The normalized spacial score (nSPS) is 21.4. The first kappa shape index (κ1) is 24.2. The minimum atomic E-state index is 0.705. The smallest absolute Gasteiger partial charge is 0.119 e.